The fourth-order valence-corrected chi connectivity index (χ4v) is 5.54. The van der Waals surface area contributed by atoms with E-state index in [0.29, 0.717) is 24.9 Å². The van der Waals surface area contributed by atoms with Crippen LogP contribution in [0.4, 0.5) is 4.39 Å². The zero-order valence-corrected chi connectivity index (χ0v) is 28.8. The van der Waals surface area contributed by atoms with Crippen LogP contribution in [0.15, 0.2) is 121 Å². The Morgan fingerprint density at radius 3 is 1.86 bits per heavy atom. The molecule has 0 bridgehead atoms. The Hall–Kier alpha value is -5.08. The number of rotatable bonds is 15. The van der Waals surface area contributed by atoms with E-state index in [1.54, 1.807) is 32.3 Å². The molecule has 0 aromatic heterocycles. The molecule has 0 fully saturated rings. The van der Waals surface area contributed by atoms with Crippen molar-refractivity contribution < 1.29 is 18.8 Å². The summed E-state index contributed by atoms with van der Waals surface area (Å²) in [5, 5.41) is 2.99. The van der Waals surface area contributed by atoms with Gasteiger partial charge < -0.3 is 20.9 Å². The third kappa shape index (κ3) is 11.3. The van der Waals surface area contributed by atoms with Gasteiger partial charge in [0.25, 0.3) is 0 Å². The van der Waals surface area contributed by atoms with E-state index in [0.717, 1.165) is 22.3 Å². The second-order valence-corrected chi connectivity index (χ2v) is 13.1. The monoisotopic (exact) mass is 662 g/mol. The lowest BCUT2D eigenvalue weighted by atomic mass is 9.98. The quantitative estimate of drug-likeness (QED) is 0.153. The lowest BCUT2D eigenvalue weighted by molar-refractivity contribution is -0.146. The van der Waals surface area contributed by atoms with Crippen LogP contribution in [0.5, 0.6) is 0 Å². The molecule has 256 valence electrons. The van der Waals surface area contributed by atoms with Crippen molar-refractivity contribution in [3.05, 3.63) is 144 Å². The van der Waals surface area contributed by atoms with Crippen LogP contribution in [0.2, 0.25) is 0 Å². The largest absolute Gasteiger partial charge is 0.354 e. The number of nitrogens with one attached hydrogen (secondary N) is 1. The maximum atomic E-state index is 14.4. The van der Waals surface area contributed by atoms with Gasteiger partial charge in [-0.15, -0.1) is 0 Å². The minimum atomic E-state index is -0.913. The number of hydrogen-bond donors (Lipinski definition) is 2. The van der Waals surface area contributed by atoms with E-state index in [9.17, 15) is 18.8 Å². The maximum absolute atomic E-state index is 14.4. The fraction of sp³-hybridized carbons (Fsp3) is 0.293. The minimum Gasteiger partial charge on any atom is -0.354 e. The molecule has 0 aliphatic carbocycles. The van der Waals surface area contributed by atoms with Crippen LogP contribution < -0.4 is 11.1 Å². The van der Waals surface area contributed by atoms with Crippen LogP contribution in [0.3, 0.4) is 0 Å². The van der Waals surface area contributed by atoms with Crippen LogP contribution >= 0.6 is 0 Å². The Bertz CT molecular complexity index is 1690. The topological polar surface area (TPSA) is 95.7 Å². The molecular weight excluding hydrogens is 615 g/mol. The second-order valence-electron chi connectivity index (χ2n) is 13.1. The molecule has 0 aliphatic rings. The summed E-state index contributed by atoms with van der Waals surface area (Å²) in [5.74, 6) is -1.46. The minimum absolute atomic E-state index is 0.168. The summed E-state index contributed by atoms with van der Waals surface area (Å²) in [6.45, 7) is 4.12. The molecular formula is C41H47FN4O3. The highest BCUT2D eigenvalue weighted by Crippen LogP contribution is 2.22. The standard InChI is InChI=1S/C41H47FN4O3/c1-41(2,43)26-11-16-38(47)45(3)37(29-31-17-21-34(22-18-31)33-14-9-6-10-15-33)40(49)46(4)36(28-32-19-23-35(42)24-20-32)39(48)44-27-25-30-12-7-5-8-13-30/h5-24,36-37H,25-29,43H2,1-4H3,(H,44,48)/t36-,37-/m1/s1. The Kier molecular flexibility index (Phi) is 13.0. The van der Waals surface area contributed by atoms with Crippen LogP contribution in [0.1, 0.15) is 37.0 Å². The maximum Gasteiger partial charge on any atom is 0.246 e. The summed E-state index contributed by atoms with van der Waals surface area (Å²) >= 11 is 0. The van der Waals surface area contributed by atoms with E-state index in [-0.39, 0.29) is 36.4 Å². The molecule has 8 heteroatoms. The van der Waals surface area contributed by atoms with Crippen molar-refractivity contribution in [2.24, 2.45) is 5.73 Å². The summed E-state index contributed by atoms with van der Waals surface area (Å²) < 4.78 is 13.8. The zero-order valence-electron chi connectivity index (χ0n) is 28.8. The SMILES string of the molecule is CN(C(=O)C=CCC(C)(C)N)[C@H](Cc1ccc(-c2ccccc2)cc1)C(=O)N(C)[C@H](Cc1ccc(F)cc1)C(=O)NCCc1ccccc1. The smallest absolute Gasteiger partial charge is 0.246 e. The number of amides is 3. The molecule has 0 radical (unpaired) electrons. The number of hydrogen-bond acceptors (Lipinski definition) is 4. The second kappa shape index (κ2) is 17.4. The van der Waals surface area contributed by atoms with Gasteiger partial charge in [-0.1, -0.05) is 103 Å². The fourth-order valence-electron chi connectivity index (χ4n) is 5.54. The predicted octanol–water partition coefficient (Wildman–Crippen LogP) is 5.97. The highest BCUT2D eigenvalue weighted by molar-refractivity contribution is 5.95. The van der Waals surface area contributed by atoms with Gasteiger partial charge in [-0.05, 0) is 72.7 Å². The van der Waals surface area contributed by atoms with Gasteiger partial charge in [0, 0.05) is 39.0 Å². The van der Waals surface area contributed by atoms with Crippen molar-refractivity contribution in [2.75, 3.05) is 20.6 Å². The summed E-state index contributed by atoms with van der Waals surface area (Å²) in [5.41, 5.74) is 10.4. The first-order valence-electron chi connectivity index (χ1n) is 16.6. The average molecular weight is 663 g/mol. The van der Waals surface area contributed by atoms with Gasteiger partial charge in [0.1, 0.15) is 17.9 Å². The average Bonchev–Trinajstić information content (AvgIpc) is 3.10. The third-order valence-corrected chi connectivity index (χ3v) is 8.51. The lowest BCUT2D eigenvalue weighted by Gasteiger charge is -2.34. The number of benzene rings is 4. The molecule has 0 heterocycles. The number of nitrogens with two attached hydrogens (primary N) is 1. The molecule has 4 rings (SSSR count). The Morgan fingerprint density at radius 2 is 1.27 bits per heavy atom. The highest BCUT2D eigenvalue weighted by Gasteiger charge is 2.34. The molecule has 0 aliphatic heterocycles. The van der Waals surface area contributed by atoms with E-state index in [1.165, 1.54) is 28.0 Å². The molecule has 2 atom stereocenters. The molecule has 4 aromatic carbocycles. The van der Waals surface area contributed by atoms with Crippen molar-refractivity contribution in [3.63, 3.8) is 0 Å². The van der Waals surface area contributed by atoms with Gasteiger partial charge in [0.05, 0.1) is 0 Å². The van der Waals surface area contributed by atoms with Crippen LogP contribution in [0.25, 0.3) is 11.1 Å². The molecule has 49 heavy (non-hydrogen) atoms. The normalized spacial score (nSPS) is 12.7. The van der Waals surface area contributed by atoms with Crippen molar-refractivity contribution in [1.82, 2.24) is 15.1 Å². The molecule has 7 nitrogen and oxygen atoms in total. The Labute approximate surface area is 289 Å². The van der Waals surface area contributed by atoms with Crippen molar-refractivity contribution >= 4 is 17.7 Å². The van der Waals surface area contributed by atoms with Gasteiger partial charge in [-0.3, -0.25) is 14.4 Å². The van der Waals surface area contributed by atoms with Crippen molar-refractivity contribution in [1.29, 1.82) is 0 Å². The highest BCUT2D eigenvalue weighted by atomic mass is 19.1. The van der Waals surface area contributed by atoms with E-state index < -0.39 is 17.6 Å². The Balaban J connectivity index is 1.60. The first-order chi connectivity index (χ1) is 23.4. The summed E-state index contributed by atoms with van der Waals surface area (Å²) in [6.07, 6.45) is 4.67. The molecule has 0 saturated heterocycles. The predicted molar refractivity (Wildman–Crippen MR) is 194 cm³/mol. The van der Waals surface area contributed by atoms with Gasteiger partial charge in [-0.25, -0.2) is 4.39 Å². The van der Waals surface area contributed by atoms with Gasteiger partial charge in [0.2, 0.25) is 17.7 Å². The van der Waals surface area contributed by atoms with Crippen LogP contribution in [0, 0.1) is 5.82 Å². The van der Waals surface area contributed by atoms with Gasteiger partial charge >= 0.3 is 0 Å². The van der Waals surface area contributed by atoms with E-state index >= 15 is 0 Å². The molecule has 0 spiro atoms. The van der Waals surface area contributed by atoms with Crippen LogP contribution in [-0.4, -0.2) is 65.8 Å². The first-order valence-corrected chi connectivity index (χ1v) is 16.6. The van der Waals surface area contributed by atoms with E-state index in [4.69, 9.17) is 5.73 Å². The number of halogens is 1. The molecule has 0 saturated carbocycles. The summed E-state index contributed by atoms with van der Waals surface area (Å²) in [6, 6.07) is 31.8. The lowest BCUT2D eigenvalue weighted by Crippen LogP contribution is -2.56. The number of likely N-dealkylation sites (N-methyl/N-ethyl adjacent to an activating group) is 2. The van der Waals surface area contributed by atoms with E-state index in [1.807, 2.05) is 98.8 Å². The third-order valence-electron chi connectivity index (χ3n) is 8.51. The summed E-state index contributed by atoms with van der Waals surface area (Å²) in [4.78, 5) is 44.5. The van der Waals surface area contributed by atoms with E-state index in [2.05, 4.69) is 5.32 Å². The molecule has 0 unspecified atom stereocenters. The molecule has 3 N–H and O–H groups in total. The van der Waals surface area contributed by atoms with Gasteiger partial charge in [-0.2, -0.15) is 0 Å². The van der Waals surface area contributed by atoms with Crippen LogP contribution in [-0.2, 0) is 33.6 Å². The molecule has 4 aromatic rings. The zero-order chi connectivity index (χ0) is 35.4. The number of carbonyl (C=O) groups is 3. The Morgan fingerprint density at radius 1 is 0.735 bits per heavy atom. The number of carbonyl (C=O) groups excluding carboxylic acids is 3. The van der Waals surface area contributed by atoms with Gasteiger partial charge in [0.15, 0.2) is 0 Å². The molecule has 3 amide bonds. The number of nitrogens with zero attached hydrogens (tertiary/aromatic N) is 2. The van der Waals surface area contributed by atoms with Crippen molar-refractivity contribution in [3.8, 4) is 11.1 Å². The van der Waals surface area contributed by atoms with Crippen molar-refractivity contribution in [2.45, 2.75) is 57.2 Å². The summed E-state index contributed by atoms with van der Waals surface area (Å²) in [7, 11) is 3.19. The first kappa shape index (κ1) is 36.8.